The number of aryl methyl sites for hydroxylation is 3. The Labute approximate surface area is 303 Å². The maximum atomic E-state index is 11.7. The number of aromatic nitrogens is 3. The molecule has 0 aliphatic rings. The third kappa shape index (κ3) is 15.3. The van der Waals surface area contributed by atoms with Crippen LogP contribution in [0.4, 0.5) is 0 Å². The molecule has 0 bridgehead atoms. The Balaban J connectivity index is 0.000000258. The third-order valence-electron chi connectivity index (χ3n) is 6.17. The van der Waals surface area contributed by atoms with Crippen LogP contribution in [-0.2, 0) is 32.9 Å². The number of carboxylic acid groups (broad SMARTS) is 1. The molecule has 2 aromatic carbocycles. The monoisotopic (exact) mass is 781 g/mol. The van der Waals surface area contributed by atoms with Crippen LogP contribution < -0.4 is 21.3 Å². The lowest BCUT2D eigenvalue weighted by molar-refractivity contribution is 0.0685. The molecule has 0 unspecified atom stereocenters. The Morgan fingerprint density at radius 3 is 1.37 bits per heavy atom. The lowest BCUT2D eigenvalue weighted by Crippen LogP contribution is -2.25. The van der Waals surface area contributed by atoms with Crippen molar-refractivity contribution < 1.29 is 49.9 Å². The van der Waals surface area contributed by atoms with Crippen molar-refractivity contribution in [2.24, 2.45) is 16.0 Å². The fourth-order valence-corrected chi connectivity index (χ4v) is 4.79. The summed E-state index contributed by atoms with van der Waals surface area (Å²) in [6.07, 6.45) is 1.30. The summed E-state index contributed by atoms with van der Waals surface area (Å²) in [4.78, 5) is 32.3. The highest BCUT2D eigenvalue weighted by atomic mass is 35.5. The van der Waals surface area contributed by atoms with Gasteiger partial charge in [0.2, 0.25) is 20.0 Å². The first-order chi connectivity index (χ1) is 24.3. The third-order valence-corrected chi connectivity index (χ3v) is 8.23. The second-order valence-corrected chi connectivity index (χ2v) is 13.9. The quantitative estimate of drug-likeness (QED) is 0.127. The molecule has 0 fully saturated rings. The van der Waals surface area contributed by atoms with Crippen LogP contribution in [0.1, 0.15) is 59.9 Å². The summed E-state index contributed by atoms with van der Waals surface area (Å²) < 4.78 is 57.8. The van der Waals surface area contributed by atoms with Crippen LogP contribution in [0, 0.1) is 20.8 Å². The van der Waals surface area contributed by atoms with Crippen LogP contribution in [0.25, 0.3) is 0 Å². The summed E-state index contributed by atoms with van der Waals surface area (Å²) in [7, 11) is -7.24. The average molecular weight is 782 g/mol. The highest BCUT2D eigenvalue weighted by Crippen LogP contribution is 2.10. The van der Waals surface area contributed by atoms with Gasteiger partial charge in [-0.25, -0.2) is 31.9 Å². The van der Waals surface area contributed by atoms with Gasteiger partial charge in [-0.2, -0.15) is 0 Å². The van der Waals surface area contributed by atoms with E-state index in [1.54, 1.807) is 51.1 Å². The number of benzene rings is 2. The molecule has 0 aliphatic heterocycles. The van der Waals surface area contributed by atoms with E-state index in [4.69, 9.17) is 37.2 Å². The Hall–Kier alpha value is -5.25. The van der Waals surface area contributed by atoms with Gasteiger partial charge in [-0.05, 0) is 87.2 Å². The van der Waals surface area contributed by atoms with Gasteiger partial charge < -0.3 is 29.7 Å². The van der Waals surface area contributed by atoms with E-state index in [1.165, 1.54) is 36.4 Å². The number of primary sulfonamides is 2. The van der Waals surface area contributed by atoms with Gasteiger partial charge in [-0.3, -0.25) is 9.59 Å². The van der Waals surface area contributed by atoms with Crippen LogP contribution in [0.3, 0.4) is 0 Å². The van der Waals surface area contributed by atoms with Crippen molar-refractivity contribution in [1.82, 2.24) is 20.8 Å². The maximum absolute atomic E-state index is 11.7. The number of hydrogen-bond acceptors (Lipinski definition) is 14. The lowest BCUT2D eigenvalue weighted by Gasteiger charge is -2.04. The number of carboxylic acids is 1. The molecule has 0 spiro atoms. The number of halogens is 1. The number of carbonyl (C=O) groups is 3. The Bertz CT molecular complexity index is 2100. The highest BCUT2D eigenvalue weighted by Gasteiger charge is 2.11. The first-order valence-corrected chi connectivity index (χ1v) is 18.2. The van der Waals surface area contributed by atoms with E-state index in [9.17, 15) is 31.2 Å². The van der Waals surface area contributed by atoms with E-state index in [0.29, 0.717) is 36.8 Å². The molecular formula is C31H36ClN7O11S2. The van der Waals surface area contributed by atoms with Gasteiger partial charge in [0.25, 0.3) is 11.1 Å². The second kappa shape index (κ2) is 20.0. The van der Waals surface area contributed by atoms with E-state index in [-0.39, 0.29) is 32.8 Å². The number of nitrogens with zero attached hydrogens (tertiary/aromatic N) is 3. The number of rotatable bonds is 10. The Morgan fingerprint density at radius 2 is 1.08 bits per heavy atom. The maximum Gasteiger partial charge on any atom is 0.358 e. The zero-order valence-corrected chi connectivity index (χ0v) is 30.4. The molecule has 21 heteroatoms. The zero-order chi connectivity index (χ0) is 39.1. The van der Waals surface area contributed by atoms with E-state index in [2.05, 4.69) is 29.8 Å². The van der Waals surface area contributed by atoms with Gasteiger partial charge in [-0.1, -0.05) is 39.7 Å². The van der Waals surface area contributed by atoms with Gasteiger partial charge in [0.1, 0.15) is 17.3 Å². The van der Waals surface area contributed by atoms with Crippen LogP contribution in [0.15, 0.2) is 90.1 Å². The number of amides is 1. The number of hydrogen-bond donors (Lipinski definition) is 5. The van der Waals surface area contributed by atoms with Gasteiger partial charge in [-0.15, -0.1) is 0 Å². The topological polar surface area (TPSA) is 308 Å². The second-order valence-electron chi connectivity index (χ2n) is 10.5. The summed E-state index contributed by atoms with van der Waals surface area (Å²) in [6.45, 7) is 5.99. The fraction of sp³-hybridized carbons (Fsp3) is 0.226. The first-order valence-electron chi connectivity index (χ1n) is 14.7. The normalized spacial score (nSPS) is 10.8. The van der Waals surface area contributed by atoms with Gasteiger partial charge in [0, 0.05) is 24.7 Å². The fourth-order valence-electron chi connectivity index (χ4n) is 3.67. The van der Waals surface area contributed by atoms with Gasteiger partial charge >= 0.3 is 5.97 Å². The Kier molecular flexibility index (Phi) is 16.5. The average Bonchev–Trinajstić information content (AvgIpc) is 3.83. The number of nitrogens with one attached hydrogen (secondary N) is 1. The molecule has 3 heterocycles. The van der Waals surface area contributed by atoms with Crippen molar-refractivity contribution in [3.8, 4) is 0 Å². The molecule has 18 nitrogen and oxygen atoms in total. The SMILES string of the molecule is Cc1cc(C(=O)Cl)no1.Cc1cc(C(=O)NCCc2ccc(S(N)(=O)=O)cc2)no1.Cc1cc(C(=O)O)no1.NCCc1ccc(S(N)(=O)=O)cc1. The number of nitrogens with two attached hydrogens (primary N) is 3. The highest BCUT2D eigenvalue weighted by molar-refractivity contribution is 7.89. The molecule has 0 radical (unpaired) electrons. The van der Waals surface area contributed by atoms with E-state index < -0.39 is 31.3 Å². The number of carbonyl (C=O) groups excluding carboxylic acids is 2. The zero-order valence-electron chi connectivity index (χ0n) is 28.0. The van der Waals surface area contributed by atoms with Gasteiger partial charge in [0.15, 0.2) is 17.1 Å². The van der Waals surface area contributed by atoms with E-state index in [0.717, 1.165) is 17.5 Å². The predicted molar refractivity (Wildman–Crippen MR) is 185 cm³/mol. The number of sulfonamides is 2. The van der Waals surface area contributed by atoms with Crippen molar-refractivity contribution >= 4 is 48.8 Å². The van der Waals surface area contributed by atoms with Crippen LogP contribution >= 0.6 is 11.6 Å². The lowest BCUT2D eigenvalue weighted by atomic mass is 10.1. The number of aromatic carboxylic acids is 1. The summed E-state index contributed by atoms with van der Waals surface area (Å²) in [6, 6.07) is 17.0. The molecule has 3 aromatic heterocycles. The predicted octanol–water partition coefficient (Wildman–Crippen LogP) is 2.48. The van der Waals surface area contributed by atoms with Gasteiger partial charge in [0.05, 0.1) is 9.79 Å². The molecule has 52 heavy (non-hydrogen) atoms. The molecular weight excluding hydrogens is 746 g/mol. The van der Waals surface area contributed by atoms with Crippen molar-refractivity contribution in [3.63, 3.8) is 0 Å². The standard InChI is InChI=1S/C13H15N3O4S.C8H12N2O2S.C5H4ClNO2.C5H5NO3/c1-9-8-12(16-20-9)13(17)15-7-6-10-2-4-11(5-3-10)21(14,18)19;9-6-5-7-1-3-8(4-2-7)13(10,11)12;1-3-2-4(5(6)8)7-9-3;1-3-2-4(5(7)8)6-9-3/h2-5,8H,6-7H2,1H3,(H,15,17)(H2,14,18,19);1-4H,5-6,9H2,(H2,10,11,12);2H,1H3;2H,1H3,(H,7,8). The Morgan fingerprint density at radius 1 is 0.692 bits per heavy atom. The van der Waals surface area contributed by atoms with Crippen LogP contribution in [-0.4, -0.2) is 67.6 Å². The molecule has 8 N–H and O–H groups in total. The van der Waals surface area contributed by atoms with E-state index in [1.807, 2.05) is 0 Å². The molecule has 0 aliphatic carbocycles. The minimum absolute atomic E-state index is 0.0486. The van der Waals surface area contributed by atoms with Crippen molar-refractivity contribution in [3.05, 3.63) is 112 Å². The van der Waals surface area contributed by atoms with Crippen LogP contribution in [0.2, 0.25) is 0 Å². The largest absolute Gasteiger partial charge is 0.476 e. The molecule has 0 saturated heterocycles. The summed E-state index contributed by atoms with van der Waals surface area (Å²) in [5, 5.41) is 30.5. The molecule has 0 atom stereocenters. The molecule has 5 aromatic rings. The first kappa shape index (κ1) is 42.9. The van der Waals surface area contributed by atoms with E-state index >= 15 is 0 Å². The summed E-state index contributed by atoms with van der Waals surface area (Å²) in [5.41, 5.74) is 7.58. The molecule has 280 valence electrons. The smallest absolute Gasteiger partial charge is 0.358 e. The van der Waals surface area contributed by atoms with Crippen LogP contribution in [0.5, 0.6) is 0 Å². The molecule has 0 saturated carbocycles. The minimum Gasteiger partial charge on any atom is -0.476 e. The summed E-state index contributed by atoms with van der Waals surface area (Å²) >= 11 is 5.06. The molecule has 5 rings (SSSR count). The van der Waals surface area contributed by atoms with Crippen molar-refractivity contribution in [1.29, 1.82) is 0 Å². The summed E-state index contributed by atoms with van der Waals surface area (Å²) in [5.74, 6) is 0.282. The molecule has 1 amide bonds. The minimum atomic E-state index is -3.68. The van der Waals surface area contributed by atoms with Crippen molar-refractivity contribution in [2.45, 2.75) is 43.4 Å². The van der Waals surface area contributed by atoms with Crippen molar-refractivity contribution in [2.75, 3.05) is 13.1 Å².